The van der Waals surface area contributed by atoms with Gasteiger partial charge in [0.05, 0.1) is 0 Å². The molecule has 3 rings (SSSR count). The number of hydrogen-bond donors (Lipinski definition) is 0. The second-order valence-corrected chi connectivity index (χ2v) is 16.7. The van der Waals surface area contributed by atoms with E-state index in [-0.39, 0.29) is 0 Å². The molecule has 1 aromatic carbocycles. The van der Waals surface area contributed by atoms with Crippen LogP contribution in [0.1, 0.15) is 5.89 Å². The third kappa shape index (κ3) is 2.38. The fraction of sp³-hybridized carbons (Fsp3) is 0.250. The molecule has 0 aliphatic carbocycles. The van der Waals surface area contributed by atoms with Gasteiger partial charge < -0.3 is 0 Å². The quantitative estimate of drug-likeness (QED) is 0.673. The van der Waals surface area contributed by atoms with E-state index in [2.05, 4.69) is 39.4 Å². The number of rotatable bonds is 2. The Morgan fingerprint density at radius 1 is 1.05 bits per heavy atom. The zero-order valence-corrected chi connectivity index (χ0v) is 14.4. The Kier molecular flexibility index (Phi) is 3.17. The van der Waals surface area contributed by atoms with Crippen molar-refractivity contribution in [2.24, 2.45) is 0 Å². The van der Waals surface area contributed by atoms with Crippen molar-refractivity contribution in [3.8, 4) is 11.3 Å². The SMILES string of the molecule is Cc1nc2cccc(-c3cc[c]([Ge]([CH3])([CH3])[CH3])cn3)c2o1. The van der Waals surface area contributed by atoms with E-state index in [0.29, 0.717) is 5.89 Å². The first-order chi connectivity index (χ1) is 9.45. The molecule has 0 bridgehead atoms. The summed E-state index contributed by atoms with van der Waals surface area (Å²) in [7, 11) is 0. The van der Waals surface area contributed by atoms with Gasteiger partial charge in [-0.25, -0.2) is 0 Å². The maximum absolute atomic E-state index is 5.71. The molecule has 0 saturated heterocycles. The number of oxazole rings is 1. The van der Waals surface area contributed by atoms with Crippen molar-refractivity contribution in [1.29, 1.82) is 0 Å². The van der Waals surface area contributed by atoms with Gasteiger partial charge in [0.15, 0.2) is 0 Å². The van der Waals surface area contributed by atoms with Crippen LogP contribution in [-0.2, 0) is 0 Å². The Bertz CT molecular complexity index is 754. The minimum atomic E-state index is -1.80. The summed E-state index contributed by atoms with van der Waals surface area (Å²) in [5.41, 5.74) is 3.67. The molecule has 20 heavy (non-hydrogen) atoms. The van der Waals surface area contributed by atoms with E-state index in [0.717, 1.165) is 22.4 Å². The van der Waals surface area contributed by atoms with E-state index >= 15 is 0 Å². The van der Waals surface area contributed by atoms with Crippen molar-refractivity contribution in [2.45, 2.75) is 24.2 Å². The van der Waals surface area contributed by atoms with Crippen LogP contribution in [0, 0.1) is 6.92 Å². The maximum atomic E-state index is 5.71. The van der Waals surface area contributed by atoms with Gasteiger partial charge in [-0.05, 0) is 0 Å². The molecular formula is C16H18GeN2O. The summed E-state index contributed by atoms with van der Waals surface area (Å²) in [6, 6.07) is 10.3. The number of benzene rings is 1. The predicted molar refractivity (Wildman–Crippen MR) is 85.0 cm³/mol. The summed E-state index contributed by atoms with van der Waals surface area (Å²) in [5, 5.41) is 0. The van der Waals surface area contributed by atoms with Gasteiger partial charge in [-0.3, -0.25) is 0 Å². The van der Waals surface area contributed by atoms with Crippen molar-refractivity contribution < 1.29 is 4.42 Å². The van der Waals surface area contributed by atoms with Crippen LogP contribution in [0.25, 0.3) is 22.4 Å². The van der Waals surface area contributed by atoms with Crippen LogP contribution in [0.5, 0.6) is 0 Å². The standard InChI is InChI=1S/C16H18GeN2O/c1-11-19-15-7-5-6-13(16(15)20-11)14-9-8-12(10-18-14)17(2,3)4/h5-10H,1-4H3. The van der Waals surface area contributed by atoms with Gasteiger partial charge in [0.25, 0.3) is 0 Å². The number of fused-ring (bicyclic) bond motifs is 1. The Morgan fingerprint density at radius 3 is 2.50 bits per heavy atom. The summed E-state index contributed by atoms with van der Waals surface area (Å²) >= 11 is -1.80. The summed E-state index contributed by atoms with van der Waals surface area (Å²) in [6.45, 7) is 1.87. The molecule has 3 nitrogen and oxygen atoms in total. The number of nitrogens with zero attached hydrogens (tertiary/aromatic N) is 2. The average Bonchev–Trinajstić information content (AvgIpc) is 2.78. The van der Waals surface area contributed by atoms with Crippen molar-refractivity contribution in [1.82, 2.24) is 9.97 Å². The molecule has 3 aromatic rings. The van der Waals surface area contributed by atoms with E-state index in [4.69, 9.17) is 4.42 Å². The fourth-order valence-corrected chi connectivity index (χ4v) is 4.43. The fourth-order valence-electron chi connectivity index (χ4n) is 2.26. The molecule has 2 heterocycles. The molecule has 0 atom stereocenters. The van der Waals surface area contributed by atoms with E-state index in [1.54, 1.807) is 0 Å². The van der Waals surface area contributed by atoms with Gasteiger partial charge in [-0.15, -0.1) is 0 Å². The number of para-hydroxylation sites is 1. The topological polar surface area (TPSA) is 38.9 Å². The van der Waals surface area contributed by atoms with Crippen LogP contribution in [0.4, 0.5) is 0 Å². The molecule has 0 fully saturated rings. The summed E-state index contributed by atoms with van der Waals surface area (Å²) < 4.78 is 7.12. The summed E-state index contributed by atoms with van der Waals surface area (Å²) in [6.07, 6.45) is 2.03. The van der Waals surface area contributed by atoms with Gasteiger partial charge >= 0.3 is 121 Å². The van der Waals surface area contributed by atoms with Crippen LogP contribution in [-0.4, -0.2) is 23.2 Å². The zero-order chi connectivity index (χ0) is 14.3. The second-order valence-electron chi connectivity index (χ2n) is 6.07. The predicted octanol–water partition coefficient (Wildman–Crippen LogP) is 3.74. The van der Waals surface area contributed by atoms with Crippen molar-refractivity contribution in [3.05, 3.63) is 42.4 Å². The first-order valence-corrected chi connectivity index (χ1v) is 14.1. The molecular weight excluding hydrogens is 309 g/mol. The molecule has 2 aromatic heterocycles. The molecule has 0 saturated carbocycles. The van der Waals surface area contributed by atoms with Crippen LogP contribution in [0.3, 0.4) is 0 Å². The molecule has 0 aliphatic heterocycles. The Hall–Kier alpha value is -1.62. The Balaban J connectivity index is 2.11. The van der Waals surface area contributed by atoms with E-state index in [1.807, 2.05) is 31.3 Å². The summed E-state index contributed by atoms with van der Waals surface area (Å²) in [4.78, 5) is 9.00. The molecule has 0 radical (unpaired) electrons. The van der Waals surface area contributed by atoms with Crippen LogP contribution in [0.15, 0.2) is 40.9 Å². The molecule has 0 amide bonds. The van der Waals surface area contributed by atoms with Gasteiger partial charge in [0.1, 0.15) is 0 Å². The number of aromatic nitrogens is 2. The van der Waals surface area contributed by atoms with Crippen LogP contribution >= 0.6 is 0 Å². The number of hydrogen-bond acceptors (Lipinski definition) is 3. The molecule has 0 N–H and O–H groups in total. The van der Waals surface area contributed by atoms with E-state index in [9.17, 15) is 0 Å². The molecule has 0 spiro atoms. The minimum absolute atomic E-state index is 0.689. The third-order valence-corrected chi connectivity index (χ3v) is 7.68. The van der Waals surface area contributed by atoms with Gasteiger partial charge in [-0.1, -0.05) is 0 Å². The van der Waals surface area contributed by atoms with Gasteiger partial charge in [-0.2, -0.15) is 0 Å². The van der Waals surface area contributed by atoms with Gasteiger partial charge in [0, 0.05) is 0 Å². The first kappa shape index (κ1) is 13.4. The van der Waals surface area contributed by atoms with Crippen molar-refractivity contribution in [2.75, 3.05) is 0 Å². The van der Waals surface area contributed by atoms with Crippen LogP contribution in [0.2, 0.25) is 17.3 Å². The molecule has 0 unspecified atom stereocenters. The molecule has 4 heteroatoms. The third-order valence-electron chi connectivity index (χ3n) is 3.43. The molecule has 0 aliphatic rings. The normalized spacial score (nSPS) is 12.0. The van der Waals surface area contributed by atoms with Crippen molar-refractivity contribution in [3.63, 3.8) is 0 Å². The Labute approximate surface area is 121 Å². The van der Waals surface area contributed by atoms with Gasteiger partial charge in [0.2, 0.25) is 0 Å². The zero-order valence-electron chi connectivity index (χ0n) is 12.3. The summed E-state index contributed by atoms with van der Waals surface area (Å²) in [5.74, 6) is 7.81. The van der Waals surface area contributed by atoms with Crippen LogP contribution < -0.4 is 4.40 Å². The average molecular weight is 327 g/mol. The van der Waals surface area contributed by atoms with E-state index in [1.165, 1.54) is 4.40 Å². The molecule has 102 valence electrons. The first-order valence-electron chi connectivity index (χ1n) is 6.78. The second kappa shape index (κ2) is 4.74. The monoisotopic (exact) mass is 328 g/mol. The van der Waals surface area contributed by atoms with E-state index < -0.39 is 13.3 Å². The van der Waals surface area contributed by atoms with Crippen molar-refractivity contribution >= 4 is 28.8 Å². The number of aryl methyl sites for hydroxylation is 1. The number of pyridine rings is 1. The Morgan fingerprint density at radius 2 is 1.85 bits per heavy atom.